The van der Waals surface area contributed by atoms with Crippen molar-refractivity contribution in [2.24, 2.45) is 0 Å². The topological polar surface area (TPSA) is 59.5 Å². The number of carbonyl (C=O) groups is 2. The minimum Gasteiger partial charge on any atom is -0.467 e. The molecule has 1 aliphatic rings. The Balaban J connectivity index is 1.47. The molecule has 6 heteroatoms. The van der Waals surface area contributed by atoms with E-state index in [2.05, 4.69) is 11.1 Å². The molecule has 0 N–H and O–H groups in total. The summed E-state index contributed by atoms with van der Waals surface area (Å²) in [6.45, 7) is 0.663. The molecular formula is C19H24N2O3S. The van der Waals surface area contributed by atoms with Gasteiger partial charge >= 0.3 is 5.97 Å². The van der Waals surface area contributed by atoms with E-state index in [-0.39, 0.29) is 11.9 Å². The molecule has 0 radical (unpaired) electrons. The first-order valence-electron chi connectivity index (χ1n) is 8.91. The maximum Gasteiger partial charge on any atom is 0.328 e. The smallest absolute Gasteiger partial charge is 0.328 e. The van der Waals surface area contributed by atoms with E-state index in [1.165, 1.54) is 11.8 Å². The van der Waals surface area contributed by atoms with Gasteiger partial charge in [0.1, 0.15) is 6.04 Å². The highest BCUT2D eigenvalue weighted by molar-refractivity contribution is 7.18. The molecule has 1 saturated heterocycles. The highest BCUT2D eigenvalue weighted by Crippen LogP contribution is 2.23. The van der Waals surface area contributed by atoms with E-state index in [1.807, 2.05) is 18.2 Å². The maximum atomic E-state index is 12.5. The Morgan fingerprint density at radius 2 is 2.12 bits per heavy atom. The summed E-state index contributed by atoms with van der Waals surface area (Å²) in [5, 5.41) is 1.12. The lowest BCUT2D eigenvalue weighted by molar-refractivity contribution is -0.154. The van der Waals surface area contributed by atoms with Gasteiger partial charge < -0.3 is 9.64 Å². The number of para-hydroxylation sites is 1. The molecular weight excluding hydrogens is 336 g/mol. The van der Waals surface area contributed by atoms with Crippen LogP contribution in [0.3, 0.4) is 0 Å². The third-order valence-electron chi connectivity index (χ3n) is 4.67. The van der Waals surface area contributed by atoms with Crippen LogP contribution >= 0.6 is 11.3 Å². The van der Waals surface area contributed by atoms with Gasteiger partial charge in [-0.3, -0.25) is 4.79 Å². The van der Waals surface area contributed by atoms with Crippen molar-refractivity contribution in [1.82, 2.24) is 9.88 Å². The van der Waals surface area contributed by atoms with Gasteiger partial charge in [0.25, 0.3) is 0 Å². The summed E-state index contributed by atoms with van der Waals surface area (Å²) in [5.74, 6) is -0.220. The van der Waals surface area contributed by atoms with Crippen molar-refractivity contribution in [3.63, 3.8) is 0 Å². The van der Waals surface area contributed by atoms with Gasteiger partial charge in [-0.15, -0.1) is 11.3 Å². The number of unbranched alkanes of at least 4 members (excludes halogenated alkanes) is 1. The average Bonchev–Trinajstić information content (AvgIpc) is 3.07. The SMILES string of the molecule is COC(=O)C1CCCCN1C(=O)CCCCc1nc2ccccc2s1. The van der Waals surface area contributed by atoms with E-state index in [9.17, 15) is 9.59 Å². The molecule has 134 valence electrons. The highest BCUT2D eigenvalue weighted by Gasteiger charge is 2.32. The number of methoxy groups -OCH3 is 1. The summed E-state index contributed by atoms with van der Waals surface area (Å²) < 4.78 is 6.05. The van der Waals surface area contributed by atoms with Crippen molar-refractivity contribution >= 4 is 33.4 Å². The third-order valence-corrected chi connectivity index (χ3v) is 5.76. The van der Waals surface area contributed by atoms with Gasteiger partial charge in [-0.25, -0.2) is 9.78 Å². The van der Waals surface area contributed by atoms with E-state index < -0.39 is 6.04 Å². The number of esters is 1. The van der Waals surface area contributed by atoms with E-state index in [4.69, 9.17) is 4.74 Å². The standard InChI is InChI=1S/C19H24N2O3S/c1-24-19(23)15-9-6-7-13-21(15)18(22)12-5-4-11-17-20-14-8-2-3-10-16(14)25-17/h2-3,8,10,15H,4-7,9,11-13H2,1H3. The molecule has 2 aromatic rings. The number of fused-ring (bicyclic) bond motifs is 1. The average molecular weight is 360 g/mol. The number of thiazole rings is 1. The molecule has 2 heterocycles. The summed E-state index contributed by atoms with van der Waals surface area (Å²) in [4.78, 5) is 30.7. The molecule has 5 nitrogen and oxygen atoms in total. The zero-order valence-corrected chi connectivity index (χ0v) is 15.4. The number of ether oxygens (including phenoxy) is 1. The molecule has 3 rings (SSSR count). The molecule has 1 unspecified atom stereocenters. The van der Waals surface area contributed by atoms with Crippen LogP contribution in [0, 0.1) is 0 Å². The predicted molar refractivity (Wildman–Crippen MR) is 98.5 cm³/mol. The zero-order chi connectivity index (χ0) is 17.6. The molecule has 1 aromatic carbocycles. The lowest BCUT2D eigenvalue weighted by Crippen LogP contribution is -2.48. The second-order valence-corrected chi connectivity index (χ2v) is 7.52. The first-order valence-corrected chi connectivity index (χ1v) is 9.72. The lowest BCUT2D eigenvalue weighted by Gasteiger charge is -2.33. The predicted octanol–water partition coefficient (Wildman–Crippen LogP) is 3.56. The van der Waals surface area contributed by atoms with Gasteiger partial charge in [0.2, 0.25) is 5.91 Å². The van der Waals surface area contributed by atoms with Crippen molar-refractivity contribution in [1.29, 1.82) is 0 Å². The van der Waals surface area contributed by atoms with Crippen molar-refractivity contribution in [3.05, 3.63) is 29.3 Å². The minimum absolute atomic E-state index is 0.0689. The van der Waals surface area contributed by atoms with Crippen LogP contribution in [0.25, 0.3) is 10.2 Å². The number of hydrogen-bond acceptors (Lipinski definition) is 5. The molecule has 0 aliphatic carbocycles. The van der Waals surface area contributed by atoms with Crippen molar-refractivity contribution < 1.29 is 14.3 Å². The van der Waals surface area contributed by atoms with Crippen molar-refractivity contribution in [2.75, 3.05) is 13.7 Å². The number of hydrogen-bond donors (Lipinski definition) is 0. The van der Waals surface area contributed by atoms with Gasteiger partial charge in [-0.05, 0) is 50.7 Å². The van der Waals surface area contributed by atoms with Crippen LogP contribution in [0.4, 0.5) is 0 Å². The quantitative estimate of drug-likeness (QED) is 0.584. The summed E-state index contributed by atoms with van der Waals surface area (Å²) in [6.07, 6.45) is 5.78. The molecule has 0 saturated carbocycles. The van der Waals surface area contributed by atoms with Gasteiger partial charge in [-0.2, -0.15) is 0 Å². The number of likely N-dealkylation sites (tertiary alicyclic amines) is 1. The third kappa shape index (κ3) is 4.37. The number of aryl methyl sites for hydroxylation is 1. The highest BCUT2D eigenvalue weighted by atomic mass is 32.1. The van der Waals surface area contributed by atoms with Gasteiger partial charge in [0.05, 0.1) is 22.3 Å². The number of carbonyl (C=O) groups excluding carboxylic acids is 2. The maximum absolute atomic E-state index is 12.5. The Morgan fingerprint density at radius 3 is 2.92 bits per heavy atom. The molecule has 1 aromatic heterocycles. The van der Waals surface area contributed by atoms with Crippen LogP contribution in [0.15, 0.2) is 24.3 Å². The minimum atomic E-state index is -0.393. The molecule has 0 spiro atoms. The zero-order valence-electron chi connectivity index (χ0n) is 14.6. The monoisotopic (exact) mass is 360 g/mol. The van der Waals surface area contributed by atoms with Crippen LogP contribution in [0.1, 0.15) is 43.5 Å². The number of amides is 1. The Bertz CT molecular complexity index is 710. The van der Waals surface area contributed by atoms with Gasteiger partial charge in [0, 0.05) is 13.0 Å². The Labute approximate surface area is 152 Å². The lowest BCUT2D eigenvalue weighted by atomic mass is 10.0. The van der Waals surface area contributed by atoms with E-state index in [0.29, 0.717) is 19.4 Å². The van der Waals surface area contributed by atoms with Gasteiger partial charge in [0.15, 0.2) is 0 Å². The van der Waals surface area contributed by atoms with Crippen LogP contribution < -0.4 is 0 Å². The first kappa shape index (κ1) is 17.9. The molecule has 1 aliphatic heterocycles. The van der Waals surface area contributed by atoms with Crippen LogP contribution in [0.5, 0.6) is 0 Å². The largest absolute Gasteiger partial charge is 0.467 e. The summed E-state index contributed by atoms with van der Waals surface area (Å²) in [6, 6.07) is 7.75. The van der Waals surface area contributed by atoms with E-state index in [1.54, 1.807) is 16.2 Å². The van der Waals surface area contributed by atoms with Crippen molar-refractivity contribution in [2.45, 2.75) is 51.0 Å². The number of piperidine rings is 1. The fraction of sp³-hybridized carbons (Fsp3) is 0.526. The fourth-order valence-electron chi connectivity index (χ4n) is 3.33. The summed E-state index contributed by atoms with van der Waals surface area (Å²) in [7, 11) is 1.39. The second kappa shape index (κ2) is 8.43. The molecule has 1 atom stereocenters. The van der Waals surface area contributed by atoms with Crippen molar-refractivity contribution in [3.8, 4) is 0 Å². The molecule has 1 amide bonds. The number of rotatable bonds is 6. The van der Waals surface area contributed by atoms with Crippen LogP contribution in [-0.4, -0.2) is 41.5 Å². The Kier molecular flexibility index (Phi) is 6.02. The fourth-order valence-corrected chi connectivity index (χ4v) is 4.34. The van der Waals surface area contributed by atoms with Crippen LogP contribution in [0.2, 0.25) is 0 Å². The van der Waals surface area contributed by atoms with E-state index in [0.717, 1.165) is 42.6 Å². The summed E-state index contributed by atoms with van der Waals surface area (Å²) in [5.41, 5.74) is 1.05. The number of aromatic nitrogens is 1. The number of nitrogens with zero attached hydrogens (tertiary/aromatic N) is 2. The Morgan fingerprint density at radius 1 is 1.28 bits per heavy atom. The normalized spacial score (nSPS) is 17.6. The van der Waals surface area contributed by atoms with E-state index >= 15 is 0 Å². The second-order valence-electron chi connectivity index (χ2n) is 6.40. The first-order chi connectivity index (χ1) is 12.2. The number of benzene rings is 1. The van der Waals surface area contributed by atoms with Crippen LogP contribution in [-0.2, 0) is 20.7 Å². The van der Waals surface area contributed by atoms with Gasteiger partial charge in [-0.1, -0.05) is 12.1 Å². The Hall–Kier alpha value is -1.95. The molecule has 1 fully saturated rings. The molecule has 25 heavy (non-hydrogen) atoms. The molecule has 0 bridgehead atoms. The summed E-state index contributed by atoms with van der Waals surface area (Å²) >= 11 is 1.72.